The lowest BCUT2D eigenvalue weighted by Gasteiger charge is -2.24. The van der Waals surface area contributed by atoms with Gasteiger partial charge >= 0.3 is 0 Å². The van der Waals surface area contributed by atoms with Crippen molar-refractivity contribution in [3.05, 3.63) is 36.2 Å². The summed E-state index contributed by atoms with van der Waals surface area (Å²) in [6, 6.07) is 5.96. The lowest BCUT2D eigenvalue weighted by Crippen LogP contribution is -2.45. The number of hydrogen-bond donors (Lipinski definition) is 3. The molecule has 1 aromatic carbocycles. The van der Waals surface area contributed by atoms with Gasteiger partial charge in [0.05, 0.1) is 5.56 Å². The van der Waals surface area contributed by atoms with E-state index in [0.717, 1.165) is 48.6 Å². The van der Waals surface area contributed by atoms with Crippen LogP contribution >= 0.6 is 12.4 Å². The highest BCUT2D eigenvalue weighted by molar-refractivity contribution is 6.01. The fourth-order valence-electron chi connectivity index (χ4n) is 3.24. The van der Waals surface area contributed by atoms with Crippen molar-refractivity contribution in [2.45, 2.75) is 18.9 Å². The van der Waals surface area contributed by atoms with Gasteiger partial charge in [-0.25, -0.2) is 0 Å². The van der Waals surface area contributed by atoms with Crippen LogP contribution in [0.25, 0.3) is 11.1 Å². The molecule has 1 saturated heterocycles. The summed E-state index contributed by atoms with van der Waals surface area (Å²) in [5.41, 5.74) is 2.46. The smallest absolute Gasteiger partial charge is 0.253 e. The number of carbonyl (C=O) groups is 1. The van der Waals surface area contributed by atoms with Gasteiger partial charge in [0, 0.05) is 30.5 Å². The summed E-state index contributed by atoms with van der Waals surface area (Å²) in [6.45, 7) is 2.97. The lowest BCUT2D eigenvalue weighted by atomic mass is 10.0. The molecule has 0 aliphatic carbocycles. The number of H-pyrrole nitrogens is 1. The minimum Gasteiger partial charge on any atom is -0.486 e. The van der Waals surface area contributed by atoms with Gasteiger partial charge in [0.1, 0.15) is 13.2 Å². The third-order valence-electron chi connectivity index (χ3n) is 4.48. The Kier molecular flexibility index (Phi) is 5.50. The van der Waals surface area contributed by atoms with Gasteiger partial charge in [-0.05, 0) is 37.1 Å². The molecule has 7 heteroatoms. The number of carbonyl (C=O) groups excluding carboxylic acids is 1. The zero-order chi connectivity index (χ0) is 16.4. The summed E-state index contributed by atoms with van der Waals surface area (Å²) >= 11 is 0. The van der Waals surface area contributed by atoms with Crippen molar-refractivity contribution < 1.29 is 14.3 Å². The molecule has 0 spiro atoms. The Labute approximate surface area is 152 Å². The van der Waals surface area contributed by atoms with Gasteiger partial charge in [0.15, 0.2) is 11.5 Å². The number of hydrogen-bond acceptors (Lipinski definition) is 4. The molecule has 4 rings (SSSR count). The largest absolute Gasteiger partial charge is 0.486 e. The quantitative estimate of drug-likeness (QED) is 0.782. The molecule has 1 aromatic heterocycles. The predicted octanol–water partition coefficient (Wildman–Crippen LogP) is 2.36. The number of nitrogens with one attached hydrogen (secondary N) is 3. The maximum atomic E-state index is 12.6. The Morgan fingerprint density at radius 2 is 2.00 bits per heavy atom. The molecule has 3 heterocycles. The maximum Gasteiger partial charge on any atom is 0.253 e. The number of piperidine rings is 1. The van der Waals surface area contributed by atoms with Crippen molar-refractivity contribution in [2.24, 2.45) is 0 Å². The Bertz CT molecular complexity index is 741. The average Bonchev–Trinajstić information content (AvgIpc) is 3.12. The van der Waals surface area contributed by atoms with E-state index in [0.29, 0.717) is 18.8 Å². The number of halogens is 1. The van der Waals surface area contributed by atoms with Crippen LogP contribution in [0.2, 0.25) is 0 Å². The molecule has 0 bridgehead atoms. The summed E-state index contributed by atoms with van der Waals surface area (Å²) in [6.07, 6.45) is 5.70. The van der Waals surface area contributed by atoms with Gasteiger partial charge in [0.2, 0.25) is 0 Å². The summed E-state index contributed by atoms with van der Waals surface area (Å²) in [7, 11) is 0. The summed E-state index contributed by atoms with van der Waals surface area (Å²) < 4.78 is 11.2. The van der Waals surface area contributed by atoms with Gasteiger partial charge in [-0.3, -0.25) is 4.79 Å². The van der Waals surface area contributed by atoms with E-state index in [-0.39, 0.29) is 24.4 Å². The van der Waals surface area contributed by atoms with Crippen molar-refractivity contribution in [3.8, 4) is 22.6 Å². The second-order valence-corrected chi connectivity index (χ2v) is 6.16. The van der Waals surface area contributed by atoms with Crippen LogP contribution < -0.4 is 20.1 Å². The number of aromatic amines is 1. The average molecular weight is 364 g/mol. The molecule has 25 heavy (non-hydrogen) atoms. The van der Waals surface area contributed by atoms with Crippen molar-refractivity contribution in [2.75, 3.05) is 26.3 Å². The van der Waals surface area contributed by atoms with Gasteiger partial charge in [-0.15, -0.1) is 12.4 Å². The van der Waals surface area contributed by atoms with E-state index in [1.165, 1.54) is 0 Å². The minimum atomic E-state index is -0.0464. The predicted molar refractivity (Wildman–Crippen MR) is 97.8 cm³/mol. The molecular weight excluding hydrogens is 342 g/mol. The molecule has 1 amide bonds. The normalized spacial score (nSPS) is 19.0. The zero-order valence-electron chi connectivity index (χ0n) is 13.8. The Hall–Kier alpha value is -2.18. The highest BCUT2D eigenvalue weighted by Crippen LogP contribution is 2.35. The standard InChI is InChI=1S/C18H21N3O3.ClH/c22-18(21-13-2-1-5-19-9-13)15-11-20-10-14(15)12-3-4-16-17(8-12)24-7-6-23-16;/h3-4,8,10-11,13,19-20H,1-2,5-7,9H2,(H,21,22);1H/t13-;/m0./s1. The second kappa shape index (κ2) is 7.80. The SMILES string of the molecule is Cl.O=C(N[C@H]1CCCNC1)c1c[nH]cc1-c1ccc2c(c1)OCCO2. The summed E-state index contributed by atoms with van der Waals surface area (Å²) in [5, 5.41) is 6.43. The molecule has 2 aliphatic heterocycles. The number of fused-ring (bicyclic) bond motifs is 1. The first-order valence-corrected chi connectivity index (χ1v) is 8.39. The number of amides is 1. The third kappa shape index (κ3) is 3.75. The topological polar surface area (TPSA) is 75.4 Å². The third-order valence-corrected chi connectivity index (χ3v) is 4.48. The van der Waals surface area contributed by atoms with Gasteiger partial charge in [-0.2, -0.15) is 0 Å². The molecule has 0 saturated carbocycles. The molecule has 2 aliphatic rings. The first-order valence-electron chi connectivity index (χ1n) is 8.39. The molecule has 3 N–H and O–H groups in total. The monoisotopic (exact) mass is 363 g/mol. The van der Waals surface area contributed by atoms with Crippen LogP contribution in [-0.2, 0) is 0 Å². The van der Waals surface area contributed by atoms with E-state index in [9.17, 15) is 4.79 Å². The highest BCUT2D eigenvalue weighted by Gasteiger charge is 2.20. The molecule has 1 fully saturated rings. The Morgan fingerprint density at radius 3 is 2.80 bits per heavy atom. The molecule has 0 unspecified atom stereocenters. The van der Waals surface area contributed by atoms with Crippen LogP contribution in [0, 0.1) is 0 Å². The van der Waals surface area contributed by atoms with Crippen LogP contribution in [0.15, 0.2) is 30.6 Å². The number of benzene rings is 1. The summed E-state index contributed by atoms with van der Waals surface area (Å²) in [5.74, 6) is 1.43. The number of ether oxygens (including phenoxy) is 2. The van der Waals surface area contributed by atoms with Gasteiger partial charge < -0.3 is 25.1 Å². The first kappa shape index (κ1) is 17.6. The van der Waals surface area contributed by atoms with Gasteiger partial charge in [0.25, 0.3) is 5.91 Å². The van der Waals surface area contributed by atoms with E-state index < -0.39 is 0 Å². The highest BCUT2D eigenvalue weighted by atomic mass is 35.5. The van der Waals surface area contributed by atoms with E-state index in [1.807, 2.05) is 24.4 Å². The fraction of sp³-hybridized carbons (Fsp3) is 0.389. The van der Waals surface area contributed by atoms with Crippen LogP contribution in [0.5, 0.6) is 11.5 Å². The minimum absolute atomic E-state index is 0. The van der Waals surface area contributed by atoms with Crippen LogP contribution in [0.4, 0.5) is 0 Å². The lowest BCUT2D eigenvalue weighted by molar-refractivity contribution is 0.0931. The van der Waals surface area contributed by atoms with Crippen molar-refractivity contribution in [1.29, 1.82) is 0 Å². The van der Waals surface area contributed by atoms with Crippen molar-refractivity contribution in [1.82, 2.24) is 15.6 Å². The fourth-order valence-corrected chi connectivity index (χ4v) is 3.24. The molecule has 0 radical (unpaired) electrons. The van der Waals surface area contributed by atoms with Gasteiger partial charge in [-0.1, -0.05) is 6.07 Å². The van der Waals surface area contributed by atoms with Crippen molar-refractivity contribution >= 4 is 18.3 Å². The van der Waals surface area contributed by atoms with E-state index in [1.54, 1.807) is 6.20 Å². The zero-order valence-corrected chi connectivity index (χ0v) is 14.7. The van der Waals surface area contributed by atoms with Crippen LogP contribution in [0.1, 0.15) is 23.2 Å². The number of rotatable bonds is 3. The molecule has 134 valence electrons. The Morgan fingerprint density at radius 1 is 1.16 bits per heavy atom. The van der Waals surface area contributed by atoms with E-state index in [2.05, 4.69) is 15.6 Å². The maximum absolute atomic E-state index is 12.6. The molecular formula is C18H22ClN3O3. The Balaban J connectivity index is 0.00000182. The first-order chi connectivity index (χ1) is 11.8. The van der Waals surface area contributed by atoms with E-state index >= 15 is 0 Å². The second-order valence-electron chi connectivity index (χ2n) is 6.16. The molecule has 6 nitrogen and oxygen atoms in total. The molecule has 1 atom stereocenters. The molecule has 2 aromatic rings. The number of aromatic nitrogens is 1. The van der Waals surface area contributed by atoms with E-state index in [4.69, 9.17) is 9.47 Å². The summed E-state index contributed by atoms with van der Waals surface area (Å²) in [4.78, 5) is 15.7. The van der Waals surface area contributed by atoms with Crippen molar-refractivity contribution in [3.63, 3.8) is 0 Å². The van der Waals surface area contributed by atoms with Crippen LogP contribution in [0.3, 0.4) is 0 Å². The van der Waals surface area contributed by atoms with Crippen LogP contribution in [-0.4, -0.2) is 43.2 Å².